The molecular formula is C19H25N5O4. The molecule has 1 saturated carbocycles. The molecule has 0 spiro atoms. The maximum absolute atomic E-state index is 12.3. The number of imide groups is 1. The number of aromatic nitrogens is 3. The summed E-state index contributed by atoms with van der Waals surface area (Å²) in [6, 6.07) is 4.43. The Morgan fingerprint density at radius 2 is 2.00 bits per heavy atom. The van der Waals surface area contributed by atoms with Gasteiger partial charge in [0.2, 0.25) is 0 Å². The topological polar surface area (TPSA) is 115 Å². The summed E-state index contributed by atoms with van der Waals surface area (Å²) in [7, 11) is 0. The van der Waals surface area contributed by atoms with Gasteiger partial charge in [-0.1, -0.05) is 24.5 Å². The SMILES string of the molecule is CCn1nnc2cc(C(=O)O[C@@H](C)C(=O)NC(=O)NC3CCCCC3)ccc21. The standard InChI is InChI=1S/C19H25N5O4/c1-3-24-16-10-9-13(11-15(16)22-23-24)18(26)28-12(2)17(25)21-19(27)20-14-7-5-4-6-8-14/h9-12,14H,3-8H2,1-2H3,(H2,20,21,25,27)/t12-/m0/s1. The van der Waals surface area contributed by atoms with E-state index < -0.39 is 24.0 Å². The zero-order valence-corrected chi connectivity index (χ0v) is 16.1. The van der Waals surface area contributed by atoms with Crippen LogP contribution in [-0.2, 0) is 16.1 Å². The fourth-order valence-corrected chi connectivity index (χ4v) is 3.30. The summed E-state index contributed by atoms with van der Waals surface area (Å²) in [5.41, 5.74) is 1.64. The Morgan fingerprint density at radius 1 is 1.25 bits per heavy atom. The molecule has 0 unspecified atom stereocenters. The Morgan fingerprint density at radius 3 is 2.71 bits per heavy atom. The second kappa shape index (κ2) is 8.81. The number of nitrogens with zero attached hydrogens (tertiary/aromatic N) is 3. The van der Waals surface area contributed by atoms with Gasteiger partial charge in [-0.05, 0) is 44.9 Å². The number of esters is 1. The Bertz CT molecular complexity index is 872. The number of amides is 3. The van der Waals surface area contributed by atoms with Crippen LogP contribution in [0.2, 0.25) is 0 Å². The number of carbonyl (C=O) groups excluding carboxylic acids is 3. The third kappa shape index (κ3) is 4.65. The van der Waals surface area contributed by atoms with E-state index in [0.29, 0.717) is 12.1 Å². The minimum absolute atomic E-state index is 0.0858. The maximum Gasteiger partial charge on any atom is 0.338 e. The fraction of sp³-hybridized carbons (Fsp3) is 0.526. The number of rotatable bonds is 5. The van der Waals surface area contributed by atoms with Crippen molar-refractivity contribution in [2.75, 3.05) is 0 Å². The number of carbonyl (C=O) groups is 3. The molecule has 1 aliphatic carbocycles. The van der Waals surface area contributed by atoms with Gasteiger partial charge in [0.25, 0.3) is 5.91 Å². The molecular weight excluding hydrogens is 362 g/mol. The van der Waals surface area contributed by atoms with Crippen molar-refractivity contribution in [3.63, 3.8) is 0 Å². The number of ether oxygens (including phenoxy) is 1. The highest BCUT2D eigenvalue weighted by molar-refractivity contribution is 5.99. The zero-order chi connectivity index (χ0) is 20.1. The quantitative estimate of drug-likeness (QED) is 0.760. The van der Waals surface area contributed by atoms with Gasteiger partial charge in [0.1, 0.15) is 5.52 Å². The smallest absolute Gasteiger partial charge is 0.338 e. The molecule has 3 rings (SSSR count). The van der Waals surface area contributed by atoms with Gasteiger partial charge in [-0.2, -0.15) is 0 Å². The van der Waals surface area contributed by atoms with Crippen molar-refractivity contribution in [1.29, 1.82) is 0 Å². The van der Waals surface area contributed by atoms with E-state index in [4.69, 9.17) is 4.74 Å². The van der Waals surface area contributed by atoms with E-state index in [2.05, 4.69) is 20.9 Å². The van der Waals surface area contributed by atoms with Crippen molar-refractivity contribution in [3.8, 4) is 0 Å². The fourth-order valence-electron chi connectivity index (χ4n) is 3.30. The number of benzene rings is 1. The van der Waals surface area contributed by atoms with E-state index in [1.54, 1.807) is 22.9 Å². The maximum atomic E-state index is 12.3. The van der Waals surface area contributed by atoms with Crippen LogP contribution in [0.4, 0.5) is 4.79 Å². The van der Waals surface area contributed by atoms with Gasteiger partial charge in [0.05, 0.1) is 11.1 Å². The van der Waals surface area contributed by atoms with Crippen LogP contribution in [0.3, 0.4) is 0 Å². The van der Waals surface area contributed by atoms with E-state index in [1.807, 2.05) is 6.92 Å². The predicted molar refractivity (Wildman–Crippen MR) is 102 cm³/mol. The molecule has 0 saturated heterocycles. The lowest BCUT2D eigenvalue weighted by molar-refractivity contribution is -0.127. The lowest BCUT2D eigenvalue weighted by atomic mass is 9.96. The van der Waals surface area contributed by atoms with Gasteiger partial charge < -0.3 is 10.1 Å². The van der Waals surface area contributed by atoms with Gasteiger partial charge in [-0.25, -0.2) is 14.3 Å². The van der Waals surface area contributed by atoms with Crippen LogP contribution in [0.15, 0.2) is 18.2 Å². The van der Waals surface area contributed by atoms with E-state index >= 15 is 0 Å². The lowest BCUT2D eigenvalue weighted by Gasteiger charge is -2.23. The van der Waals surface area contributed by atoms with Crippen LogP contribution in [-0.4, -0.2) is 45.0 Å². The number of hydrogen-bond donors (Lipinski definition) is 2. The van der Waals surface area contributed by atoms with E-state index in [0.717, 1.165) is 31.2 Å². The molecule has 1 atom stereocenters. The van der Waals surface area contributed by atoms with Crippen molar-refractivity contribution in [2.45, 2.75) is 64.6 Å². The van der Waals surface area contributed by atoms with Crippen LogP contribution in [0.1, 0.15) is 56.3 Å². The summed E-state index contributed by atoms with van der Waals surface area (Å²) < 4.78 is 6.90. The molecule has 1 heterocycles. The van der Waals surface area contributed by atoms with Crippen LogP contribution < -0.4 is 10.6 Å². The average Bonchev–Trinajstić information content (AvgIpc) is 3.10. The molecule has 2 aromatic rings. The molecule has 3 amide bonds. The number of hydrogen-bond acceptors (Lipinski definition) is 6. The van der Waals surface area contributed by atoms with E-state index in [1.165, 1.54) is 13.3 Å². The van der Waals surface area contributed by atoms with Gasteiger partial charge in [0.15, 0.2) is 6.10 Å². The van der Waals surface area contributed by atoms with Crippen LogP contribution in [0.5, 0.6) is 0 Å². The van der Waals surface area contributed by atoms with Crippen LogP contribution in [0, 0.1) is 0 Å². The zero-order valence-electron chi connectivity index (χ0n) is 16.1. The van der Waals surface area contributed by atoms with Crippen LogP contribution >= 0.6 is 0 Å². The van der Waals surface area contributed by atoms with Crippen molar-refractivity contribution < 1.29 is 19.1 Å². The Hall–Kier alpha value is -2.97. The molecule has 1 aromatic carbocycles. The Labute approximate surface area is 162 Å². The summed E-state index contributed by atoms with van der Waals surface area (Å²) in [6.07, 6.45) is 4.04. The van der Waals surface area contributed by atoms with Crippen molar-refractivity contribution in [3.05, 3.63) is 23.8 Å². The van der Waals surface area contributed by atoms with E-state index in [-0.39, 0.29) is 11.6 Å². The molecule has 0 aliphatic heterocycles. The summed E-state index contributed by atoms with van der Waals surface area (Å²) in [5.74, 6) is -1.33. The van der Waals surface area contributed by atoms with Crippen molar-refractivity contribution in [2.24, 2.45) is 0 Å². The third-order valence-electron chi connectivity index (χ3n) is 4.88. The van der Waals surface area contributed by atoms with Gasteiger partial charge in [-0.15, -0.1) is 5.10 Å². The number of fused-ring (bicyclic) bond motifs is 1. The normalized spacial score (nSPS) is 15.8. The lowest BCUT2D eigenvalue weighted by Crippen LogP contribution is -2.48. The first-order valence-corrected chi connectivity index (χ1v) is 9.63. The molecule has 0 radical (unpaired) electrons. The van der Waals surface area contributed by atoms with Crippen molar-refractivity contribution in [1.82, 2.24) is 25.6 Å². The van der Waals surface area contributed by atoms with Crippen molar-refractivity contribution >= 4 is 28.9 Å². The molecule has 1 aromatic heterocycles. The summed E-state index contributed by atoms with van der Waals surface area (Å²) in [6.45, 7) is 4.04. The minimum Gasteiger partial charge on any atom is -0.449 e. The summed E-state index contributed by atoms with van der Waals surface area (Å²) >= 11 is 0. The average molecular weight is 387 g/mol. The third-order valence-corrected chi connectivity index (χ3v) is 4.88. The predicted octanol–water partition coefficient (Wildman–Crippen LogP) is 2.15. The summed E-state index contributed by atoms with van der Waals surface area (Å²) in [4.78, 5) is 36.4. The molecule has 28 heavy (non-hydrogen) atoms. The molecule has 2 N–H and O–H groups in total. The van der Waals surface area contributed by atoms with Crippen LogP contribution in [0.25, 0.3) is 11.0 Å². The first-order chi connectivity index (χ1) is 13.5. The first kappa shape index (κ1) is 19.8. The van der Waals surface area contributed by atoms with Gasteiger partial charge in [0, 0.05) is 12.6 Å². The van der Waals surface area contributed by atoms with Gasteiger partial charge >= 0.3 is 12.0 Å². The Kier molecular flexibility index (Phi) is 6.23. The largest absolute Gasteiger partial charge is 0.449 e. The number of aryl methyl sites for hydroxylation is 1. The molecule has 1 fully saturated rings. The Balaban J connectivity index is 1.54. The number of nitrogens with one attached hydrogen (secondary N) is 2. The second-order valence-corrected chi connectivity index (χ2v) is 6.95. The van der Waals surface area contributed by atoms with E-state index in [9.17, 15) is 14.4 Å². The highest BCUT2D eigenvalue weighted by atomic mass is 16.5. The highest BCUT2D eigenvalue weighted by Gasteiger charge is 2.23. The molecule has 9 nitrogen and oxygen atoms in total. The van der Waals surface area contributed by atoms with Gasteiger partial charge in [-0.3, -0.25) is 10.1 Å². The number of urea groups is 1. The molecule has 150 valence electrons. The minimum atomic E-state index is -1.10. The highest BCUT2D eigenvalue weighted by Crippen LogP contribution is 2.17. The summed E-state index contributed by atoms with van der Waals surface area (Å²) in [5, 5.41) is 13.0. The second-order valence-electron chi connectivity index (χ2n) is 6.95. The molecule has 9 heteroatoms. The molecule has 1 aliphatic rings. The monoisotopic (exact) mass is 387 g/mol. The first-order valence-electron chi connectivity index (χ1n) is 9.63. The molecule has 0 bridgehead atoms.